The summed E-state index contributed by atoms with van der Waals surface area (Å²) in [5, 5.41) is 25.1. The average molecular weight is 877 g/mol. The summed E-state index contributed by atoms with van der Waals surface area (Å²) in [5.41, 5.74) is 1.54. The predicted octanol–water partition coefficient (Wildman–Crippen LogP) is 7.27. The van der Waals surface area contributed by atoms with Crippen LogP contribution in [0.15, 0.2) is 85.3 Å². The number of rotatable bonds is 12. The second-order valence-electron chi connectivity index (χ2n) is 10.2. The summed E-state index contributed by atoms with van der Waals surface area (Å²) in [6, 6.07) is 16.7. The van der Waals surface area contributed by atoms with Gasteiger partial charge in [-0.05, 0) is 55.0 Å². The van der Waals surface area contributed by atoms with Crippen molar-refractivity contribution in [3.63, 3.8) is 0 Å². The first-order chi connectivity index (χ1) is 26.0. The third-order valence-corrected chi connectivity index (χ3v) is 7.65. The van der Waals surface area contributed by atoms with Crippen LogP contribution in [-0.2, 0) is 35.2 Å². The van der Waals surface area contributed by atoms with Crippen LogP contribution in [0, 0.1) is 0 Å². The van der Waals surface area contributed by atoms with Gasteiger partial charge < -0.3 is 34.9 Å². The molecule has 55 heavy (non-hydrogen) atoms. The zero-order valence-electron chi connectivity index (χ0n) is 28.0. The zero-order valence-corrected chi connectivity index (χ0v) is 31.4. The monoisotopic (exact) mass is 877 g/mol. The van der Waals surface area contributed by atoms with Gasteiger partial charge in [0.1, 0.15) is 17.2 Å². The molecule has 6 aromatic rings. The number of alkyl halides is 3. The fraction of sp³-hybridized carbons (Fsp3) is 0.114. The van der Waals surface area contributed by atoms with E-state index in [1.54, 1.807) is 18.3 Å². The van der Waals surface area contributed by atoms with Crippen molar-refractivity contribution >= 4 is 47.6 Å². The Kier molecular flexibility index (Phi) is 16.5. The Labute approximate surface area is 332 Å². The maximum absolute atomic E-state index is 12.6. The first-order valence-electron chi connectivity index (χ1n) is 15.2. The van der Waals surface area contributed by atoms with Crippen molar-refractivity contribution in [1.29, 1.82) is 0 Å². The third-order valence-electron chi connectivity index (χ3n) is 6.60. The minimum absolute atomic E-state index is 0. The number of carboxylic acid groups (broad SMARTS) is 1. The van der Waals surface area contributed by atoms with Gasteiger partial charge >= 0.3 is 31.6 Å². The molecule has 6 aromatic heterocycles. The van der Waals surface area contributed by atoms with Crippen LogP contribution < -0.4 is 19.3 Å². The maximum Gasteiger partial charge on any atom is 2.00 e. The molecular weight excluding hydrogens is 853 g/mol. The normalized spacial score (nSPS) is 10.2. The Morgan fingerprint density at radius 1 is 0.909 bits per heavy atom. The molecule has 0 spiro atoms. The van der Waals surface area contributed by atoms with E-state index in [1.165, 1.54) is 65.3 Å². The number of carboxylic acids is 1. The summed E-state index contributed by atoms with van der Waals surface area (Å²) in [6.45, 7) is 3.23. The molecule has 0 aliphatic heterocycles. The van der Waals surface area contributed by atoms with Crippen LogP contribution in [0.5, 0.6) is 16.6 Å². The molecule has 0 aliphatic carbocycles. The Bertz CT molecular complexity index is 2250. The summed E-state index contributed by atoms with van der Waals surface area (Å²) >= 11 is 5.20. The molecule has 1 N–H and O–H groups in total. The van der Waals surface area contributed by atoms with Gasteiger partial charge in [0.05, 0.1) is 34.9 Å². The van der Waals surface area contributed by atoms with Crippen molar-refractivity contribution in [3.8, 4) is 61.2 Å². The van der Waals surface area contributed by atoms with Gasteiger partial charge in [-0.1, -0.05) is 36.2 Å². The fourth-order valence-corrected chi connectivity index (χ4v) is 5.15. The van der Waals surface area contributed by atoms with E-state index in [1.807, 2.05) is 19.1 Å². The number of thiocarbonyl (C=S) groups is 1. The molecule has 0 aromatic carbocycles. The quantitative estimate of drug-likeness (QED) is 0.0557. The van der Waals surface area contributed by atoms with Gasteiger partial charge in [-0.25, -0.2) is 9.78 Å². The first-order valence-corrected chi connectivity index (χ1v) is 16.4. The van der Waals surface area contributed by atoms with Crippen LogP contribution in [0.1, 0.15) is 29.4 Å². The molecule has 0 saturated heterocycles. The molecule has 0 atom stereocenters. The number of hydrogen-bond donors (Lipinski definition) is 1. The molecule has 0 radical (unpaired) electrons. The molecule has 14 nitrogen and oxygen atoms in total. The Hall–Kier alpha value is -6.07. The van der Waals surface area contributed by atoms with E-state index in [-0.39, 0.29) is 66.6 Å². The van der Waals surface area contributed by atoms with Crippen molar-refractivity contribution in [3.05, 3.63) is 102 Å². The second kappa shape index (κ2) is 21.0. The largest absolute Gasteiger partial charge is 2.00 e. The number of aromatic carboxylic acids is 1. The number of aromatic nitrogens is 6. The van der Waals surface area contributed by atoms with Crippen LogP contribution in [0.4, 0.5) is 13.2 Å². The average Bonchev–Trinajstić information content (AvgIpc) is 3.87. The summed E-state index contributed by atoms with van der Waals surface area (Å²) in [5.74, 6) is -0.693. The number of carbonyl (C=O) groups excluding carboxylic acids is 2. The Balaban J connectivity index is 0.000000273. The van der Waals surface area contributed by atoms with E-state index in [2.05, 4.69) is 42.4 Å². The van der Waals surface area contributed by atoms with Gasteiger partial charge in [0, 0.05) is 52.9 Å². The third kappa shape index (κ3) is 12.5. The summed E-state index contributed by atoms with van der Waals surface area (Å²) in [7, 11) is 0. The van der Waals surface area contributed by atoms with Gasteiger partial charge in [0.15, 0.2) is 5.06 Å². The number of nitrogens with zero attached hydrogens (tertiary/aromatic N) is 7. The molecule has 0 amide bonds. The molecule has 0 unspecified atom stereocenters. The van der Waals surface area contributed by atoms with Crippen LogP contribution in [0.3, 0.4) is 0 Å². The van der Waals surface area contributed by atoms with Gasteiger partial charge in [0.25, 0.3) is 12.9 Å². The molecular formula is C35H24F3N7O7RuS2. The number of thiophene rings is 1. The summed E-state index contributed by atoms with van der Waals surface area (Å²) in [4.78, 5) is 50.3. The topological polar surface area (TPSA) is 200 Å². The first kappa shape index (κ1) is 43.3. The predicted molar refractivity (Wildman–Crippen MR) is 192 cm³/mol. The summed E-state index contributed by atoms with van der Waals surface area (Å²) < 4.78 is 52.9. The fourth-order valence-electron chi connectivity index (χ4n) is 4.28. The van der Waals surface area contributed by atoms with Crippen molar-refractivity contribution in [2.75, 3.05) is 6.61 Å². The van der Waals surface area contributed by atoms with Crippen molar-refractivity contribution < 1.29 is 66.3 Å². The molecule has 0 aliphatic rings. The van der Waals surface area contributed by atoms with Crippen LogP contribution in [0.25, 0.3) is 50.0 Å². The van der Waals surface area contributed by atoms with Gasteiger partial charge in [-0.3, -0.25) is 24.5 Å². The van der Waals surface area contributed by atoms with E-state index < -0.39 is 17.8 Å². The molecule has 282 valence electrons. The number of pyridine rings is 4. The number of halogens is 3. The van der Waals surface area contributed by atoms with E-state index in [0.717, 1.165) is 28.0 Å². The van der Waals surface area contributed by atoms with E-state index in [0.29, 0.717) is 23.7 Å². The molecule has 0 fully saturated rings. The van der Waals surface area contributed by atoms with Crippen LogP contribution >= 0.6 is 23.6 Å². The molecule has 0 saturated carbocycles. The van der Waals surface area contributed by atoms with E-state index in [4.69, 9.17) is 24.7 Å². The zero-order chi connectivity index (χ0) is 39.1. The van der Waals surface area contributed by atoms with Gasteiger partial charge in [0.2, 0.25) is 0 Å². The van der Waals surface area contributed by atoms with E-state index >= 15 is 0 Å². The molecule has 6 heterocycles. The summed E-state index contributed by atoms with van der Waals surface area (Å²) in [6.07, 6.45) is 0.796. The second-order valence-corrected chi connectivity index (χ2v) is 11.4. The standard InChI is InChI=1S/C18H11N3O6.C16H13F3N3OS.CNS.Ru/c22-9-26-12-2-4-20-15(6-12)17-8-13(27-10-23)7-16(21-17)14-5-11(18(24)25)1-3-19-14;1-2-7-23-15-6-5-13(24-15)10-3-4-11(20-9-10)12-8-14(22-21-12)16(17,18)19;2-1-3;/h1-10H,(H,24,25);3-6,8-9H,2,7H2,1H3;;/q;2*-1;+2. The number of isothiocyanates is 1. The van der Waals surface area contributed by atoms with Gasteiger partial charge in [-0.15, -0.1) is 0 Å². The Morgan fingerprint density at radius 3 is 2.13 bits per heavy atom. The molecule has 0 bridgehead atoms. The van der Waals surface area contributed by atoms with Crippen molar-refractivity contribution in [1.82, 2.24) is 30.1 Å². The van der Waals surface area contributed by atoms with Crippen molar-refractivity contribution in [2.45, 2.75) is 19.5 Å². The van der Waals surface area contributed by atoms with Crippen LogP contribution in [0.2, 0.25) is 0 Å². The minimum atomic E-state index is -4.50. The maximum atomic E-state index is 12.6. The number of ether oxygens (including phenoxy) is 3. The van der Waals surface area contributed by atoms with Crippen LogP contribution in [-0.4, -0.2) is 60.8 Å². The van der Waals surface area contributed by atoms with Crippen molar-refractivity contribution in [2.24, 2.45) is 0 Å². The number of hydrogen-bond acceptors (Lipinski definition) is 13. The number of carbonyl (C=O) groups is 3. The molecule has 20 heteroatoms. The Morgan fingerprint density at radius 2 is 1.55 bits per heavy atom. The van der Waals surface area contributed by atoms with E-state index in [9.17, 15) is 27.6 Å². The smallest absolute Gasteiger partial charge is 0.753 e. The molecule has 6 rings (SSSR count). The minimum Gasteiger partial charge on any atom is -0.753 e. The SMILES string of the molecule is CCCOc1ccc(-c2ccc(-c3cc(C(F)(F)F)n[n-]3)nc2)s1.O=COc1ccnc(-c2cc(OC=O)cc(-c3cc(C(=O)O)ccn3)n2)c1.[N-]=C=S.[Ru+2]. The van der Waals surface area contributed by atoms with Gasteiger partial charge in [-0.2, -0.15) is 18.3 Å².